The summed E-state index contributed by atoms with van der Waals surface area (Å²) in [7, 11) is 0. The summed E-state index contributed by atoms with van der Waals surface area (Å²) >= 11 is 0. The summed E-state index contributed by atoms with van der Waals surface area (Å²) in [5.41, 5.74) is 0.361. The molecule has 1 aromatic rings. The van der Waals surface area contributed by atoms with Crippen molar-refractivity contribution >= 4 is 5.97 Å². The molecule has 0 spiro atoms. The minimum atomic E-state index is -0.566. The fourth-order valence-electron chi connectivity index (χ4n) is 2.89. The van der Waals surface area contributed by atoms with E-state index in [4.69, 9.17) is 4.74 Å². The number of hydrogen-bond acceptors (Lipinski definition) is 3. The van der Waals surface area contributed by atoms with E-state index in [1.807, 2.05) is 19.1 Å². The van der Waals surface area contributed by atoms with E-state index in [-0.39, 0.29) is 17.8 Å². The number of phenolic OH excluding ortho intramolecular Hbond substituents is 1. The number of ether oxygens (including phenoxy) is 1. The summed E-state index contributed by atoms with van der Waals surface area (Å²) in [5.74, 6) is 0.0866. The highest BCUT2D eigenvalue weighted by Gasteiger charge is 2.46. The van der Waals surface area contributed by atoms with Crippen LogP contribution in [0.1, 0.15) is 57.9 Å². The van der Waals surface area contributed by atoms with Crippen LogP contribution >= 0.6 is 0 Å². The molecule has 1 fully saturated rings. The maximum absolute atomic E-state index is 12.2. The Morgan fingerprint density at radius 1 is 1.25 bits per heavy atom. The van der Waals surface area contributed by atoms with Gasteiger partial charge in [0.2, 0.25) is 0 Å². The molecule has 1 aliphatic rings. The Labute approximate surface area is 121 Å². The third-order valence-electron chi connectivity index (χ3n) is 4.24. The van der Waals surface area contributed by atoms with Gasteiger partial charge in [-0.3, -0.25) is 4.79 Å². The van der Waals surface area contributed by atoms with Gasteiger partial charge in [-0.25, -0.2) is 0 Å². The van der Waals surface area contributed by atoms with Crippen LogP contribution in [0, 0.1) is 0 Å². The fraction of sp³-hybridized carbons (Fsp3) is 0.588. The lowest BCUT2D eigenvalue weighted by Crippen LogP contribution is -2.27. The predicted octanol–water partition coefficient (Wildman–Crippen LogP) is 3.94. The third-order valence-corrected chi connectivity index (χ3v) is 4.24. The fourth-order valence-corrected chi connectivity index (χ4v) is 2.89. The summed E-state index contributed by atoms with van der Waals surface area (Å²) in [6.45, 7) is 4.13. The van der Waals surface area contributed by atoms with E-state index in [0.717, 1.165) is 24.8 Å². The van der Waals surface area contributed by atoms with Crippen LogP contribution in [-0.2, 0) is 14.9 Å². The molecular formula is C17H24O3. The molecule has 0 amide bonds. The van der Waals surface area contributed by atoms with Crippen molar-refractivity contribution in [1.82, 2.24) is 0 Å². The van der Waals surface area contributed by atoms with Crippen LogP contribution < -0.4 is 0 Å². The molecule has 1 heterocycles. The van der Waals surface area contributed by atoms with Crippen molar-refractivity contribution in [1.29, 1.82) is 0 Å². The molecule has 0 aromatic heterocycles. The van der Waals surface area contributed by atoms with E-state index >= 15 is 0 Å². The van der Waals surface area contributed by atoms with Gasteiger partial charge in [-0.05, 0) is 37.5 Å². The normalized spacial score (nSPS) is 25.7. The molecule has 110 valence electrons. The number of carbonyl (C=O) groups excluding carboxylic acids is 1. The molecule has 1 aromatic carbocycles. The lowest BCUT2D eigenvalue weighted by Gasteiger charge is -2.19. The molecule has 2 rings (SSSR count). The van der Waals surface area contributed by atoms with E-state index < -0.39 is 5.41 Å². The summed E-state index contributed by atoms with van der Waals surface area (Å²) in [6.07, 6.45) is 6.53. The van der Waals surface area contributed by atoms with E-state index in [0.29, 0.717) is 0 Å². The average molecular weight is 276 g/mol. The van der Waals surface area contributed by atoms with Crippen molar-refractivity contribution in [2.75, 3.05) is 0 Å². The number of benzene rings is 1. The van der Waals surface area contributed by atoms with Crippen molar-refractivity contribution < 1.29 is 14.6 Å². The first kappa shape index (κ1) is 14.9. The second-order valence-corrected chi connectivity index (χ2v) is 5.96. The first-order chi connectivity index (χ1) is 9.56. The topological polar surface area (TPSA) is 46.5 Å². The number of unbranched alkanes of at least 4 members (excludes halogenated alkanes) is 3. The molecule has 0 aliphatic carbocycles. The molecule has 3 heteroatoms. The van der Waals surface area contributed by atoms with Gasteiger partial charge in [0.15, 0.2) is 0 Å². The van der Waals surface area contributed by atoms with E-state index in [9.17, 15) is 9.90 Å². The summed E-state index contributed by atoms with van der Waals surface area (Å²) in [5, 5.41) is 9.35. The van der Waals surface area contributed by atoms with Crippen LogP contribution in [0.3, 0.4) is 0 Å². The number of hydrogen-bond donors (Lipinski definition) is 1. The minimum Gasteiger partial charge on any atom is -0.508 e. The van der Waals surface area contributed by atoms with Gasteiger partial charge in [0.25, 0.3) is 0 Å². The summed E-state index contributed by atoms with van der Waals surface area (Å²) in [4.78, 5) is 12.2. The quantitative estimate of drug-likeness (QED) is 0.632. The molecule has 20 heavy (non-hydrogen) atoms. The van der Waals surface area contributed by atoms with Crippen LogP contribution in [0.15, 0.2) is 24.3 Å². The zero-order chi connectivity index (χ0) is 14.6. The van der Waals surface area contributed by atoms with Gasteiger partial charge in [0.1, 0.15) is 11.9 Å². The second-order valence-electron chi connectivity index (χ2n) is 5.96. The van der Waals surface area contributed by atoms with Crippen LogP contribution in [0.25, 0.3) is 0 Å². The van der Waals surface area contributed by atoms with Gasteiger partial charge in [0.05, 0.1) is 5.41 Å². The Hall–Kier alpha value is -1.51. The number of cyclic esters (lactones) is 1. The SMILES string of the molecule is CCCCCC[C@@H]1C[C@@](C)(c2ccc(O)cc2)C(=O)O1. The zero-order valence-corrected chi connectivity index (χ0v) is 12.4. The van der Waals surface area contributed by atoms with Crippen molar-refractivity contribution in [3.8, 4) is 5.75 Å². The molecule has 0 unspecified atom stereocenters. The number of phenols is 1. The van der Waals surface area contributed by atoms with Crippen molar-refractivity contribution in [2.24, 2.45) is 0 Å². The Bertz CT molecular complexity index is 452. The lowest BCUT2D eigenvalue weighted by molar-refractivity contribution is -0.145. The number of aromatic hydroxyl groups is 1. The van der Waals surface area contributed by atoms with Crippen LogP contribution in [0.2, 0.25) is 0 Å². The van der Waals surface area contributed by atoms with Gasteiger partial charge in [-0.1, -0.05) is 38.3 Å². The smallest absolute Gasteiger partial charge is 0.316 e. The second kappa shape index (κ2) is 6.29. The molecule has 0 radical (unpaired) electrons. The third kappa shape index (κ3) is 3.14. The minimum absolute atomic E-state index is 0.0400. The van der Waals surface area contributed by atoms with E-state index in [2.05, 4.69) is 6.92 Å². The molecule has 0 bridgehead atoms. The average Bonchev–Trinajstić information content (AvgIpc) is 2.72. The summed E-state index contributed by atoms with van der Waals surface area (Å²) < 4.78 is 5.54. The van der Waals surface area contributed by atoms with Crippen molar-refractivity contribution in [2.45, 2.75) is 63.9 Å². The maximum atomic E-state index is 12.2. The predicted molar refractivity (Wildman–Crippen MR) is 78.7 cm³/mol. The Kier molecular flexibility index (Phi) is 4.69. The first-order valence-electron chi connectivity index (χ1n) is 7.57. The van der Waals surface area contributed by atoms with Gasteiger partial charge >= 0.3 is 5.97 Å². The summed E-state index contributed by atoms with van der Waals surface area (Å²) in [6, 6.07) is 6.89. The van der Waals surface area contributed by atoms with Gasteiger partial charge < -0.3 is 9.84 Å². The highest BCUT2D eigenvalue weighted by atomic mass is 16.6. The van der Waals surface area contributed by atoms with Gasteiger partial charge in [0, 0.05) is 6.42 Å². The lowest BCUT2D eigenvalue weighted by atomic mass is 9.79. The van der Waals surface area contributed by atoms with Crippen LogP contribution in [0.4, 0.5) is 0 Å². The molecular weight excluding hydrogens is 252 g/mol. The highest BCUT2D eigenvalue weighted by Crippen LogP contribution is 2.39. The van der Waals surface area contributed by atoms with E-state index in [1.165, 1.54) is 19.3 Å². The standard InChI is InChI=1S/C17H24O3/c1-3-4-5-6-7-15-12-17(2,16(19)20-15)13-8-10-14(18)11-9-13/h8-11,15,18H,3-7,12H2,1-2H3/t15-,17+/m1/s1. The highest BCUT2D eigenvalue weighted by molar-refractivity contribution is 5.84. The molecule has 2 atom stereocenters. The largest absolute Gasteiger partial charge is 0.508 e. The van der Waals surface area contributed by atoms with Gasteiger partial charge in [-0.15, -0.1) is 0 Å². The molecule has 1 saturated heterocycles. The van der Waals surface area contributed by atoms with Crippen LogP contribution in [0.5, 0.6) is 5.75 Å². The molecule has 1 aliphatic heterocycles. The van der Waals surface area contributed by atoms with Gasteiger partial charge in [-0.2, -0.15) is 0 Å². The van der Waals surface area contributed by atoms with E-state index in [1.54, 1.807) is 12.1 Å². The number of rotatable bonds is 6. The number of esters is 1. The Morgan fingerprint density at radius 3 is 2.60 bits per heavy atom. The maximum Gasteiger partial charge on any atom is 0.316 e. The van der Waals surface area contributed by atoms with Crippen molar-refractivity contribution in [3.05, 3.63) is 29.8 Å². The molecule has 3 nitrogen and oxygen atoms in total. The zero-order valence-electron chi connectivity index (χ0n) is 12.4. The monoisotopic (exact) mass is 276 g/mol. The molecule has 1 N–H and O–H groups in total. The van der Waals surface area contributed by atoms with Crippen molar-refractivity contribution in [3.63, 3.8) is 0 Å². The number of carbonyl (C=O) groups is 1. The molecule has 0 saturated carbocycles. The first-order valence-corrected chi connectivity index (χ1v) is 7.57. The van der Waals surface area contributed by atoms with Crippen LogP contribution in [-0.4, -0.2) is 17.2 Å². The Balaban J connectivity index is 1.98. The Morgan fingerprint density at radius 2 is 1.95 bits per heavy atom.